The number of hydrogen-bond donors (Lipinski definition) is 1. The van der Waals surface area contributed by atoms with Crippen molar-refractivity contribution in [1.82, 2.24) is 0 Å². The first-order chi connectivity index (χ1) is 12.9. The van der Waals surface area contributed by atoms with Gasteiger partial charge in [-0.2, -0.15) is 0 Å². The van der Waals surface area contributed by atoms with Crippen LogP contribution in [-0.4, -0.2) is 38.8 Å². The van der Waals surface area contributed by atoms with Gasteiger partial charge < -0.3 is 24.3 Å². The Morgan fingerprint density at radius 3 is 2.44 bits per heavy atom. The Kier molecular flexibility index (Phi) is 7.05. The molecular weight excluding hydrogens is 350 g/mol. The van der Waals surface area contributed by atoms with Gasteiger partial charge in [-0.15, -0.1) is 0 Å². The third-order valence-electron chi connectivity index (χ3n) is 3.45. The third kappa shape index (κ3) is 5.91. The number of carbonyl (C=O) groups is 2. The van der Waals surface area contributed by atoms with E-state index in [1.807, 2.05) is 13.8 Å². The average Bonchev–Trinajstić information content (AvgIpc) is 2.66. The molecule has 2 rings (SSSR count). The predicted octanol–water partition coefficient (Wildman–Crippen LogP) is 3.29. The van der Waals surface area contributed by atoms with E-state index in [0.717, 1.165) is 0 Å². The zero-order valence-corrected chi connectivity index (χ0v) is 15.8. The van der Waals surface area contributed by atoms with Gasteiger partial charge in [-0.25, -0.2) is 4.79 Å². The molecule has 0 bridgehead atoms. The Balaban J connectivity index is 1.95. The maximum atomic E-state index is 12.2. The van der Waals surface area contributed by atoms with Gasteiger partial charge in [0.05, 0.1) is 25.9 Å². The van der Waals surface area contributed by atoms with Crippen molar-refractivity contribution in [3.05, 3.63) is 48.0 Å². The summed E-state index contributed by atoms with van der Waals surface area (Å²) >= 11 is 0. The lowest BCUT2D eigenvalue weighted by atomic mass is 10.2. The largest absolute Gasteiger partial charge is 0.497 e. The molecule has 0 aliphatic carbocycles. The Morgan fingerprint density at radius 1 is 1.00 bits per heavy atom. The number of ether oxygens (including phenoxy) is 4. The van der Waals surface area contributed by atoms with Crippen molar-refractivity contribution < 1.29 is 28.5 Å². The topological polar surface area (TPSA) is 83.1 Å². The van der Waals surface area contributed by atoms with E-state index in [2.05, 4.69) is 5.32 Å². The van der Waals surface area contributed by atoms with Crippen molar-refractivity contribution in [3.63, 3.8) is 0 Å². The van der Waals surface area contributed by atoms with E-state index in [9.17, 15) is 9.59 Å². The fourth-order valence-corrected chi connectivity index (χ4v) is 2.26. The van der Waals surface area contributed by atoms with E-state index >= 15 is 0 Å². The summed E-state index contributed by atoms with van der Waals surface area (Å²) in [6, 6.07) is 11.6. The fourth-order valence-electron chi connectivity index (χ4n) is 2.26. The summed E-state index contributed by atoms with van der Waals surface area (Å²) in [5, 5.41) is 2.64. The van der Waals surface area contributed by atoms with Crippen LogP contribution in [0.2, 0.25) is 0 Å². The predicted molar refractivity (Wildman–Crippen MR) is 101 cm³/mol. The highest BCUT2D eigenvalue weighted by Crippen LogP contribution is 2.29. The molecule has 0 spiro atoms. The molecule has 0 saturated heterocycles. The smallest absolute Gasteiger partial charge is 0.338 e. The molecule has 0 unspecified atom stereocenters. The quantitative estimate of drug-likeness (QED) is 0.715. The molecule has 0 heterocycles. The molecule has 27 heavy (non-hydrogen) atoms. The molecule has 0 radical (unpaired) electrons. The molecule has 0 aliphatic rings. The molecule has 0 atom stereocenters. The van der Waals surface area contributed by atoms with E-state index in [1.165, 1.54) is 20.3 Å². The number of hydrogen-bond acceptors (Lipinski definition) is 6. The van der Waals surface area contributed by atoms with Crippen LogP contribution in [-0.2, 0) is 9.53 Å². The number of methoxy groups -OCH3 is 2. The highest BCUT2D eigenvalue weighted by Gasteiger charge is 2.15. The van der Waals surface area contributed by atoms with Crippen molar-refractivity contribution in [3.8, 4) is 17.2 Å². The molecule has 7 heteroatoms. The maximum Gasteiger partial charge on any atom is 0.338 e. The number of benzene rings is 2. The lowest BCUT2D eigenvalue weighted by molar-refractivity contribution is -0.119. The minimum atomic E-state index is -0.634. The first-order valence-electron chi connectivity index (χ1n) is 8.38. The molecule has 7 nitrogen and oxygen atoms in total. The molecule has 1 amide bonds. The van der Waals surface area contributed by atoms with Crippen LogP contribution in [0.15, 0.2) is 42.5 Å². The first kappa shape index (κ1) is 20.1. The van der Waals surface area contributed by atoms with Gasteiger partial charge >= 0.3 is 5.97 Å². The number of rotatable bonds is 8. The van der Waals surface area contributed by atoms with Crippen molar-refractivity contribution in [2.24, 2.45) is 0 Å². The molecular formula is C20H23NO6. The first-order valence-corrected chi connectivity index (χ1v) is 8.38. The van der Waals surface area contributed by atoms with Gasteiger partial charge in [0.25, 0.3) is 5.91 Å². The minimum Gasteiger partial charge on any atom is -0.497 e. The fraction of sp³-hybridized carbons (Fsp3) is 0.300. The second kappa shape index (κ2) is 9.47. The van der Waals surface area contributed by atoms with Crippen LogP contribution in [0.3, 0.4) is 0 Å². The van der Waals surface area contributed by atoms with Crippen LogP contribution < -0.4 is 19.5 Å². The second-order valence-corrected chi connectivity index (χ2v) is 5.89. The zero-order chi connectivity index (χ0) is 19.8. The Morgan fingerprint density at radius 2 is 1.78 bits per heavy atom. The molecule has 0 saturated carbocycles. The number of nitrogens with one attached hydrogen (secondary N) is 1. The molecule has 1 N–H and O–H groups in total. The number of amides is 1. The summed E-state index contributed by atoms with van der Waals surface area (Å²) in [4.78, 5) is 24.2. The van der Waals surface area contributed by atoms with Crippen molar-refractivity contribution in [1.29, 1.82) is 0 Å². The van der Waals surface area contributed by atoms with Gasteiger partial charge in [0, 0.05) is 11.8 Å². The summed E-state index contributed by atoms with van der Waals surface area (Å²) in [5.41, 5.74) is 0.810. The van der Waals surface area contributed by atoms with Gasteiger partial charge in [0.1, 0.15) is 5.75 Å². The summed E-state index contributed by atoms with van der Waals surface area (Å²) in [5.74, 6) is 0.466. The molecule has 2 aromatic carbocycles. The van der Waals surface area contributed by atoms with Gasteiger partial charge in [0.15, 0.2) is 18.1 Å². The Labute approximate surface area is 158 Å². The van der Waals surface area contributed by atoms with Crippen LogP contribution >= 0.6 is 0 Å². The van der Waals surface area contributed by atoms with E-state index < -0.39 is 18.5 Å². The number of anilines is 1. The standard InChI is InChI=1S/C20H23NO6/c1-13(2)27-17-9-8-14(10-18(17)25-4)20(23)26-12-19(22)21-15-6-5-7-16(11-15)24-3/h5-11,13H,12H2,1-4H3,(H,21,22). The maximum absolute atomic E-state index is 12.2. The number of carbonyl (C=O) groups excluding carboxylic acids is 2. The summed E-state index contributed by atoms with van der Waals surface area (Å²) < 4.78 is 21.0. The van der Waals surface area contributed by atoms with Crippen LogP contribution in [0.25, 0.3) is 0 Å². The zero-order valence-electron chi connectivity index (χ0n) is 15.8. The molecule has 0 fully saturated rings. The van der Waals surface area contributed by atoms with Crippen molar-refractivity contribution in [2.45, 2.75) is 20.0 Å². The van der Waals surface area contributed by atoms with Crippen LogP contribution in [0.4, 0.5) is 5.69 Å². The lowest BCUT2D eigenvalue weighted by Crippen LogP contribution is -2.21. The van der Waals surface area contributed by atoms with Gasteiger partial charge in [-0.3, -0.25) is 4.79 Å². The SMILES string of the molecule is COc1cccc(NC(=O)COC(=O)c2ccc(OC(C)C)c(OC)c2)c1. The normalized spacial score (nSPS) is 10.3. The molecule has 0 aliphatic heterocycles. The van der Waals surface area contributed by atoms with Gasteiger partial charge in [0.2, 0.25) is 0 Å². The van der Waals surface area contributed by atoms with E-state index in [-0.39, 0.29) is 11.7 Å². The van der Waals surface area contributed by atoms with E-state index in [1.54, 1.807) is 36.4 Å². The number of esters is 1. The molecule has 2 aromatic rings. The van der Waals surface area contributed by atoms with Crippen LogP contribution in [0, 0.1) is 0 Å². The Bertz CT molecular complexity index is 803. The second-order valence-electron chi connectivity index (χ2n) is 5.89. The summed E-state index contributed by atoms with van der Waals surface area (Å²) in [7, 11) is 3.02. The summed E-state index contributed by atoms with van der Waals surface area (Å²) in [6.45, 7) is 3.37. The minimum absolute atomic E-state index is 0.0305. The summed E-state index contributed by atoms with van der Waals surface area (Å²) in [6.07, 6.45) is -0.0305. The molecule has 0 aromatic heterocycles. The van der Waals surface area contributed by atoms with E-state index in [4.69, 9.17) is 18.9 Å². The highest BCUT2D eigenvalue weighted by molar-refractivity contribution is 5.95. The third-order valence-corrected chi connectivity index (χ3v) is 3.45. The van der Waals surface area contributed by atoms with Gasteiger partial charge in [-0.05, 0) is 44.2 Å². The molecule has 144 valence electrons. The average molecular weight is 373 g/mol. The highest BCUT2D eigenvalue weighted by atomic mass is 16.5. The lowest BCUT2D eigenvalue weighted by Gasteiger charge is -2.14. The van der Waals surface area contributed by atoms with Crippen molar-refractivity contribution in [2.75, 3.05) is 26.1 Å². The monoisotopic (exact) mass is 373 g/mol. The Hall–Kier alpha value is -3.22. The van der Waals surface area contributed by atoms with Crippen LogP contribution in [0.5, 0.6) is 17.2 Å². The van der Waals surface area contributed by atoms with Crippen molar-refractivity contribution >= 4 is 17.6 Å². The van der Waals surface area contributed by atoms with Gasteiger partial charge in [-0.1, -0.05) is 6.07 Å². The van der Waals surface area contributed by atoms with Crippen LogP contribution in [0.1, 0.15) is 24.2 Å². The van der Waals surface area contributed by atoms with E-state index in [0.29, 0.717) is 22.9 Å².